The number of hydrogen-bond acceptors (Lipinski definition) is 6. The van der Waals surface area contributed by atoms with Crippen molar-refractivity contribution in [2.75, 3.05) is 32.8 Å². The number of benzene rings is 1. The number of carbonyl (C=O) groups is 1. The average Bonchev–Trinajstić information content (AvgIpc) is 3.29. The van der Waals surface area contributed by atoms with Crippen molar-refractivity contribution in [3.8, 4) is 5.75 Å². The number of H-pyrrole nitrogens is 1. The number of carbonyl (C=O) groups excluding carboxylic acids is 1. The van der Waals surface area contributed by atoms with Crippen LogP contribution in [0.4, 0.5) is 0 Å². The molecule has 0 saturated carbocycles. The first-order chi connectivity index (χ1) is 16.6. The summed E-state index contributed by atoms with van der Waals surface area (Å²) < 4.78 is 11.6. The molecule has 8 heteroatoms. The Labute approximate surface area is 200 Å². The van der Waals surface area contributed by atoms with E-state index in [-0.39, 0.29) is 11.9 Å². The third-order valence-corrected chi connectivity index (χ3v) is 6.26. The predicted molar refractivity (Wildman–Crippen MR) is 131 cm³/mol. The number of hydrogen-bond donors (Lipinski definition) is 3. The van der Waals surface area contributed by atoms with E-state index in [9.17, 15) is 9.90 Å². The van der Waals surface area contributed by atoms with E-state index in [1.807, 2.05) is 42.3 Å². The lowest BCUT2D eigenvalue weighted by molar-refractivity contribution is -0.142. The number of fused-ring (bicyclic) bond motifs is 1. The highest BCUT2D eigenvalue weighted by molar-refractivity contribution is 5.89. The molecule has 1 amide bonds. The molecule has 0 radical (unpaired) electrons. The highest BCUT2D eigenvalue weighted by Crippen LogP contribution is 2.29. The first-order valence-electron chi connectivity index (χ1n) is 12.0. The second-order valence-electron chi connectivity index (χ2n) is 8.76. The van der Waals surface area contributed by atoms with Gasteiger partial charge in [0.2, 0.25) is 0 Å². The maximum atomic E-state index is 13.0. The predicted octanol–water partition coefficient (Wildman–Crippen LogP) is 2.83. The summed E-state index contributed by atoms with van der Waals surface area (Å²) >= 11 is 0. The molecule has 182 valence electrons. The van der Waals surface area contributed by atoms with Gasteiger partial charge in [0, 0.05) is 55.2 Å². The van der Waals surface area contributed by atoms with Crippen LogP contribution in [0.2, 0.25) is 0 Å². The van der Waals surface area contributed by atoms with Gasteiger partial charge in [-0.1, -0.05) is 25.1 Å². The molecule has 0 aliphatic carbocycles. The highest BCUT2D eigenvalue weighted by Gasteiger charge is 2.27. The van der Waals surface area contributed by atoms with E-state index in [4.69, 9.17) is 9.47 Å². The van der Waals surface area contributed by atoms with Gasteiger partial charge in [0.05, 0.1) is 24.8 Å². The van der Waals surface area contributed by atoms with Gasteiger partial charge >= 0.3 is 0 Å². The molecule has 0 spiro atoms. The molecule has 34 heavy (non-hydrogen) atoms. The Morgan fingerprint density at radius 2 is 2.12 bits per heavy atom. The van der Waals surface area contributed by atoms with E-state index in [0.29, 0.717) is 45.0 Å². The highest BCUT2D eigenvalue weighted by atomic mass is 16.5. The normalized spacial score (nSPS) is 16.9. The zero-order valence-electron chi connectivity index (χ0n) is 19.9. The van der Waals surface area contributed by atoms with E-state index in [1.54, 1.807) is 12.4 Å². The van der Waals surface area contributed by atoms with Gasteiger partial charge in [-0.2, -0.15) is 0 Å². The lowest BCUT2D eigenvalue weighted by Gasteiger charge is -2.30. The van der Waals surface area contributed by atoms with E-state index in [1.165, 1.54) is 0 Å². The number of rotatable bonds is 10. The lowest BCUT2D eigenvalue weighted by atomic mass is 10.1. The minimum Gasteiger partial charge on any atom is -0.478 e. The van der Waals surface area contributed by atoms with Gasteiger partial charge in [0.25, 0.3) is 5.91 Å². The van der Waals surface area contributed by atoms with Crippen LogP contribution in [0, 0.1) is 0 Å². The first-order valence-corrected chi connectivity index (χ1v) is 12.0. The van der Waals surface area contributed by atoms with Gasteiger partial charge in [-0.25, -0.2) is 0 Å². The quantitative estimate of drug-likeness (QED) is 0.425. The van der Waals surface area contributed by atoms with Crippen molar-refractivity contribution in [3.63, 3.8) is 0 Å². The van der Waals surface area contributed by atoms with Crippen LogP contribution in [-0.2, 0) is 16.0 Å². The molecule has 1 aliphatic rings. The van der Waals surface area contributed by atoms with Crippen LogP contribution in [-0.4, -0.2) is 70.9 Å². The van der Waals surface area contributed by atoms with Crippen molar-refractivity contribution >= 4 is 16.8 Å². The van der Waals surface area contributed by atoms with Crippen molar-refractivity contribution in [2.24, 2.45) is 0 Å². The van der Waals surface area contributed by atoms with Gasteiger partial charge in [0.15, 0.2) is 6.10 Å². The van der Waals surface area contributed by atoms with Crippen molar-refractivity contribution < 1.29 is 19.4 Å². The number of aliphatic hydroxyl groups is 1. The summed E-state index contributed by atoms with van der Waals surface area (Å²) in [5.41, 5.74) is 2.85. The summed E-state index contributed by atoms with van der Waals surface area (Å²) in [7, 11) is 0. The summed E-state index contributed by atoms with van der Waals surface area (Å²) in [5.74, 6) is 0.699. The lowest BCUT2D eigenvalue weighted by Crippen LogP contribution is -2.47. The third kappa shape index (κ3) is 5.75. The van der Waals surface area contributed by atoms with Crippen molar-refractivity contribution in [3.05, 3.63) is 60.0 Å². The molecule has 1 aromatic carbocycles. The Kier molecular flexibility index (Phi) is 8.16. The third-order valence-electron chi connectivity index (χ3n) is 6.26. The Morgan fingerprint density at radius 3 is 2.85 bits per heavy atom. The number of pyridine rings is 1. The molecule has 4 rings (SSSR count). The summed E-state index contributed by atoms with van der Waals surface area (Å²) in [6.07, 6.45) is 5.64. The van der Waals surface area contributed by atoms with Crippen LogP contribution in [0.5, 0.6) is 5.75 Å². The topological polar surface area (TPSA) is 99.7 Å². The fourth-order valence-corrected chi connectivity index (χ4v) is 4.31. The van der Waals surface area contributed by atoms with Gasteiger partial charge in [0.1, 0.15) is 5.75 Å². The van der Waals surface area contributed by atoms with Crippen LogP contribution >= 0.6 is 0 Å². The van der Waals surface area contributed by atoms with Crippen molar-refractivity contribution in [2.45, 2.75) is 44.9 Å². The fourth-order valence-electron chi connectivity index (χ4n) is 4.31. The Balaban J connectivity index is 1.40. The minimum absolute atomic E-state index is 0.0135. The van der Waals surface area contributed by atoms with Crippen LogP contribution in [0.25, 0.3) is 10.9 Å². The zero-order chi connectivity index (χ0) is 23.9. The van der Waals surface area contributed by atoms with E-state index in [2.05, 4.69) is 28.3 Å². The van der Waals surface area contributed by atoms with Crippen molar-refractivity contribution in [1.29, 1.82) is 0 Å². The summed E-state index contributed by atoms with van der Waals surface area (Å²) in [6, 6.07) is 9.79. The van der Waals surface area contributed by atoms with Crippen LogP contribution in [0.1, 0.15) is 37.5 Å². The summed E-state index contributed by atoms with van der Waals surface area (Å²) in [6.45, 7) is 6.88. The molecule has 3 aromatic rings. The van der Waals surface area contributed by atoms with Gasteiger partial charge < -0.3 is 29.8 Å². The number of ether oxygens (including phenoxy) is 2. The molecular formula is C26H34N4O4. The standard InChI is InChI=1S/C26H34N4O4/c1-3-23(26(32)30-10-12-33-13-11-30)34-24-8-4-7-21-20(16-29-25(21)24)14-18(2)28-17-22(31)19-6-5-9-27-15-19/h4-9,15-16,18,22-23,28-29,31H,3,10-14,17H2,1-2H3/t18-,22+,23+/m1/s1. The Bertz CT molecular complexity index is 1070. The second kappa shape index (κ2) is 11.5. The monoisotopic (exact) mass is 466 g/mol. The van der Waals surface area contributed by atoms with Gasteiger partial charge in [-0.05, 0) is 37.5 Å². The molecule has 3 heterocycles. The Hall–Kier alpha value is -2.94. The first kappa shape index (κ1) is 24.2. The number of para-hydroxylation sites is 1. The number of nitrogens with one attached hydrogen (secondary N) is 2. The molecule has 0 unspecified atom stereocenters. The van der Waals surface area contributed by atoms with Crippen LogP contribution in [0.3, 0.4) is 0 Å². The fraction of sp³-hybridized carbons (Fsp3) is 0.462. The molecule has 1 fully saturated rings. The van der Waals surface area contributed by atoms with Crippen LogP contribution in [0.15, 0.2) is 48.9 Å². The molecule has 3 N–H and O–H groups in total. The number of amides is 1. The average molecular weight is 467 g/mol. The summed E-state index contributed by atoms with van der Waals surface area (Å²) in [5, 5.41) is 14.9. The molecule has 8 nitrogen and oxygen atoms in total. The van der Waals surface area contributed by atoms with E-state index < -0.39 is 12.2 Å². The maximum absolute atomic E-state index is 13.0. The van der Waals surface area contributed by atoms with Crippen molar-refractivity contribution in [1.82, 2.24) is 20.2 Å². The molecule has 1 aliphatic heterocycles. The number of aromatic nitrogens is 2. The molecule has 3 atom stereocenters. The zero-order valence-corrected chi connectivity index (χ0v) is 19.9. The maximum Gasteiger partial charge on any atom is 0.263 e. The van der Waals surface area contributed by atoms with Crippen LogP contribution < -0.4 is 10.1 Å². The SMILES string of the molecule is CC[C@H](Oc1cccc2c(C[C@@H](C)NC[C@H](O)c3cccnc3)c[nH]c12)C(=O)N1CCOCC1. The number of morpholine rings is 1. The minimum atomic E-state index is -0.603. The van der Waals surface area contributed by atoms with Gasteiger partial charge in [-0.3, -0.25) is 9.78 Å². The smallest absolute Gasteiger partial charge is 0.263 e. The Morgan fingerprint density at radius 1 is 1.29 bits per heavy atom. The van der Waals surface area contributed by atoms with E-state index >= 15 is 0 Å². The van der Waals surface area contributed by atoms with Gasteiger partial charge in [-0.15, -0.1) is 0 Å². The summed E-state index contributed by atoms with van der Waals surface area (Å²) in [4.78, 5) is 22.2. The second-order valence-corrected chi connectivity index (χ2v) is 8.76. The number of nitrogens with zero attached hydrogens (tertiary/aromatic N) is 2. The molecule has 1 saturated heterocycles. The molecule has 0 bridgehead atoms. The van der Waals surface area contributed by atoms with E-state index in [0.717, 1.165) is 28.5 Å². The largest absolute Gasteiger partial charge is 0.478 e. The molecular weight excluding hydrogens is 432 g/mol. The molecule has 2 aromatic heterocycles. The number of aliphatic hydroxyl groups excluding tert-OH is 1. The number of aromatic amines is 1.